The van der Waals surface area contributed by atoms with Crippen molar-refractivity contribution in [3.05, 3.63) is 39.4 Å². The molecule has 4 unspecified atom stereocenters. The first kappa shape index (κ1) is 20.9. The molecule has 0 radical (unpaired) electrons. The van der Waals surface area contributed by atoms with E-state index in [0.29, 0.717) is 17.7 Å². The number of hydrogen-bond donors (Lipinski definition) is 0. The van der Waals surface area contributed by atoms with Crippen LogP contribution in [-0.2, 0) is 17.8 Å². The van der Waals surface area contributed by atoms with Crippen molar-refractivity contribution >= 4 is 40.3 Å². The number of amides is 1. The largest absolute Gasteiger partial charge is 0.337 e. The van der Waals surface area contributed by atoms with E-state index in [4.69, 9.17) is 0 Å². The molecular weight excluding hydrogens is 456 g/mol. The Labute approximate surface area is 201 Å². The molecule has 8 heteroatoms. The summed E-state index contributed by atoms with van der Waals surface area (Å²) in [6.45, 7) is 3.91. The Morgan fingerprint density at radius 3 is 2.94 bits per heavy atom. The van der Waals surface area contributed by atoms with E-state index in [1.165, 1.54) is 36.1 Å². The Bertz CT molecular complexity index is 1100. The van der Waals surface area contributed by atoms with E-state index in [9.17, 15) is 4.79 Å². The molecule has 32 heavy (non-hydrogen) atoms. The molecule has 4 heterocycles. The summed E-state index contributed by atoms with van der Waals surface area (Å²) in [4.78, 5) is 17.6. The van der Waals surface area contributed by atoms with E-state index < -0.39 is 0 Å². The predicted octanol–water partition coefficient (Wildman–Crippen LogP) is 5.74. The number of thioether (sulfide) groups is 1. The highest BCUT2D eigenvalue weighted by atomic mass is 32.2. The second-order valence-electron chi connectivity index (χ2n) is 9.46. The Morgan fingerprint density at radius 1 is 1.22 bits per heavy atom. The van der Waals surface area contributed by atoms with Crippen LogP contribution in [0.4, 0.5) is 0 Å². The van der Waals surface area contributed by atoms with E-state index >= 15 is 0 Å². The predicted molar refractivity (Wildman–Crippen MR) is 131 cm³/mol. The zero-order valence-corrected chi connectivity index (χ0v) is 20.7. The molecule has 3 aromatic rings. The molecule has 0 N–H and O–H groups in total. The minimum Gasteiger partial charge on any atom is -0.337 e. The summed E-state index contributed by atoms with van der Waals surface area (Å²) in [6, 6.07) is 6.73. The lowest BCUT2D eigenvalue weighted by molar-refractivity contribution is -0.129. The lowest BCUT2D eigenvalue weighted by Crippen LogP contribution is -2.36. The Balaban J connectivity index is 1.22. The highest BCUT2D eigenvalue weighted by Gasteiger charge is 2.43. The summed E-state index contributed by atoms with van der Waals surface area (Å²) >= 11 is 5.09. The van der Waals surface area contributed by atoms with Gasteiger partial charge in [0.05, 0.1) is 10.6 Å². The zero-order valence-electron chi connectivity index (χ0n) is 18.3. The maximum atomic E-state index is 13.0. The summed E-state index contributed by atoms with van der Waals surface area (Å²) in [6.07, 6.45) is 6.48. The lowest BCUT2D eigenvalue weighted by atomic mass is 9.84. The maximum absolute atomic E-state index is 13.0. The average Bonchev–Trinajstić information content (AvgIpc) is 3.64. The van der Waals surface area contributed by atoms with Crippen molar-refractivity contribution in [3.8, 4) is 10.7 Å². The number of aromatic nitrogens is 3. The number of carbonyl (C=O) groups is 1. The van der Waals surface area contributed by atoms with Crippen molar-refractivity contribution in [1.82, 2.24) is 19.7 Å². The summed E-state index contributed by atoms with van der Waals surface area (Å²) < 4.78 is 2.35. The molecule has 1 amide bonds. The van der Waals surface area contributed by atoms with Gasteiger partial charge < -0.3 is 4.90 Å². The van der Waals surface area contributed by atoms with Crippen LogP contribution in [0, 0.1) is 17.8 Å². The third-order valence-electron chi connectivity index (χ3n) is 7.71. The molecular formula is C24H28N4OS3. The van der Waals surface area contributed by atoms with Crippen LogP contribution in [0.5, 0.6) is 0 Å². The van der Waals surface area contributed by atoms with E-state index in [-0.39, 0.29) is 5.91 Å². The minimum absolute atomic E-state index is 0.201. The molecule has 168 valence electrons. The van der Waals surface area contributed by atoms with Crippen molar-refractivity contribution in [2.75, 3.05) is 12.3 Å². The van der Waals surface area contributed by atoms with Gasteiger partial charge in [-0.2, -0.15) is 0 Å². The number of rotatable bonds is 6. The van der Waals surface area contributed by atoms with Crippen molar-refractivity contribution < 1.29 is 4.79 Å². The molecule has 2 bridgehead atoms. The Hall–Kier alpha value is -1.64. The van der Waals surface area contributed by atoms with Crippen molar-refractivity contribution in [3.63, 3.8) is 0 Å². The fourth-order valence-corrected chi connectivity index (χ4v) is 8.59. The first-order chi connectivity index (χ1) is 15.7. The number of hydrogen-bond acceptors (Lipinski definition) is 6. The molecule has 3 aliphatic rings. The van der Waals surface area contributed by atoms with Crippen LogP contribution in [0.1, 0.15) is 49.1 Å². The highest BCUT2D eigenvalue weighted by molar-refractivity contribution is 7.99. The molecule has 6 rings (SSSR count). The smallest absolute Gasteiger partial charge is 0.233 e. The van der Waals surface area contributed by atoms with Gasteiger partial charge in [0.2, 0.25) is 5.91 Å². The molecule has 3 aromatic heterocycles. The van der Waals surface area contributed by atoms with E-state index in [1.807, 2.05) is 16.2 Å². The standard InChI is InChI=1S/C24H28N4OS3/c1-15(19-12-16-4-5-17(19)11-16)28-23(21-3-2-9-30-21)25-26-24(28)32-14-22(29)27-8-6-20-18(13-27)7-10-31-20/h2-3,7,9-10,15-17,19H,4-6,8,11-14H2,1H3. The third kappa shape index (κ3) is 3.74. The summed E-state index contributed by atoms with van der Waals surface area (Å²) in [5.74, 6) is 4.02. The van der Waals surface area contributed by atoms with E-state index in [2.05, 4.69) is 50.6 Å². The Kier molecular flexibility index (Phi) is 5.63. The SMILES string of the molecule is CC(C1CC2CCC1C2)n1c(SCC(=O)N2CCc3sccc3C2)nnc1-c1cccs1. The Morgan fingerprint density at radius 2 is 2.16 bits per heavy atom. The number of carbonyl (C=O) groups excluding carboxylic acids is 1. The minimum atomic E-state index is 0.201. The second-order valence-corrected chi connectivity index (χ2v) is 12.3. The lowest BCUT2D eigenvalue weighted by Gasteiger charge is -2.30. The number of thiophene rings is 2. The second kappa shape index (κ2) is 8.61. The zero-order chi connectivity index (χ0) is 21.7. The van der Waals surface area contributed by atoms with Crippen LogP contribution in [0.2, 0.25) is 0 Å². The highest BCUT2D eigenvalue weighted by Crippen LogP contribution is 2.53. The number of fused-ring (bicyclic) bond motifs is 3. The number of nitrogens with zero attached hydrogens (tertiary/aromatic N) is 4. The summed E-state index contributed by atoms with van der Waals surface area (Å²) in [5.41, 5.74) is 1.31. The topological polar surface area (TPSA) is 51.0 Å². The van der Waals surface area contributed by atoms with Gasteiger partial charge in [-0.3, -0.25) is 9.36 Å². The third-order valence-corrected chi connectivity index (χ3v) is 10.5. The van der Waals surface area contributed by atoms with Gasteiger partial charge >= 0.3 is 0 Å². The van der Waals surface area contributed by atoms with Gasteiger partial charge in [0.25, 0.3) is 0 Å². The van der Waals surface area contributed by atoms with Crippen LogP contribution >= 0.6 is 34.4 Å². The average molecular weight is 485 g/mol. The van der Waals surface area contributed by atoms with E-state index in [0.717, 1.165) is 47.2 Å². The van der Waals surface area contributed by atoms with Crippen molar-refractivity contribution in [1.29, 1.82) is 0 Å². The van der Waals surface area contributed by atoms with Gasteiger partial charge in [-0.25, -0.2) is 0 Å². The molecule has 1 aliphatic heterocycles. The van der Waals surface area contributed by atoms with Crippen LogP contribution in [0.3, 0.4) is 0 Å². The molecule has 4 atom stereocenters. The monoisotopic (exact) mass is 484 g/mol. The van der Waals surface area contributed by atoms with Crippen LogP contribution in [-0.4, -0.2) is 37.9 Å². The van der Waals surface area contributed by atoms with Gasteiger partial charge in [-0.15, -0.1) is 32.9 Å². The molecule has 0 spiro atoms. The van der Waals surface area contributed by atoms with Crippen LogP contribution in [0.25, 0.3) is 10.7 Å². The van der Waals surface area contributed by atoms with Gasteiger partial charge in [0.15, 0.2) is 11.0 Å². The molecule has 2 fully saturated rings. The first-order valence-electron chi connectivity index (χ1n) is 11.6. The van der Waals surface area contributed by atoms with Gasteiger partial charge in [0.1, 0.15) is 0 Å². The molecule has 2 aliphatic carbocycles. The normalized spacial score (nSPS) is 25.3. The van der Waals surface area contributed by atoms with Gasteiger partial charge in [-0.1, -0.05) is 24.2 Å². The fourth-order valence-electron chi connectivity index (χ4n) is 6.07. The van der Waals surface area contributed by atoms with Gasteiger partial charge in [-0.05, 0) is 78.8 Å². The molecule has 0 saturated heterocycles. The molecule has 5 nitrogen and oxygen atoms in total. The fraction of sp³-hybridized carbons (Fsp3) is 0.542. The summed E-state index contributed by atoms with van der Waals surface area (Å²) in [5, 5.41) is 14.3. The maximum Gasteiger partial charge on any atom is 0.233 e. The quantitative estimate of drug-likeness (QED) is 0.419. The van der Waals surface area contributed by atoms with Crippen LogP contribution < -0.4 is 0 Å². The van der Waals surface area contributed by atoms with Gasteiger partial charge in [0, 0.05) is 24.0 Å². The first-order valence-corrected chi connectivity index (χ1v) is 14.4. The molecule has 0 aromatic carbocycles. The van der Waals surface area contributed by atoms with Crippen molar-refractivity contribution in [2.24, 2.45) is 17.8 Å². The van der Waals surface area contributed by atoms with Crippen molar-refractivity contribution in [2.45, 2.75) is 56.8 Å². The van der Waals surface area contributed by atoms with Crippen LogP contribution in [0.15, 0.2) is 34.1 Å². The summed E-state index contributed by atoms with van der Waals surface area (Å²) in [7, 11) is 0. The molecule has 2 saturated carbocycles. The van der Waals surface area contributed by atoms with E-state index in [1.54, 1.807) is 23.1 Å².